The first-order valence-electron chi connectivity index (χ1n) is 5.82. The number of benzene rings is 1. The lowest BCUT2D eigenvalue weighted by atomic mass is 10.1. The van der Waals surface area contributed by atoms with Crippen molar-refractivity contribution < 1.29 is 19.4 Å². The maximum absolute atomic E-state index is 11.8. The third-order valence-electron chi connectivity index (χ3n) is 2.99. The quantitative estimate of drug-likeness (QED) is 0.869. The number of carbonyl (C=O) groups is 2. The van der Waals surface area contributed by atoms with Crippen molar-refractivity contribution in [3.63, 3.8) is 0 Å². The van der Waals surface area contributed by atoms with E-state index in [-0.39, 0.29) is 6.54 Å². The van der Waals surface area contributed by atoms with Crippen LogP contribution in [0.1, 0.15) is 12.0 Å². The molecule has 1 aromatic rings. The fraction of sp³-hybridized carbons (Fsp3) is 0.385. The lowest BCUT2D eigenvalue weighted by molar-refractivity contribution is -0.141. The molecule has 1 N–H and O–H groups in total. The Balaban J connectivity index is 1.95. The summed E-state index contributed by atoms with van der Waals surface area (Å²) in [5.41, 5.74) is 1.00. The summed E-state index contributed by atoms with van der Waals surface area (Å²) >= 11 is 0. The van der Waals surface area contributed by atoms with Gasteiger partial charge in [-0.1, -0.05) is 12.1 Å². The van der Waals surface area contributed by atoms with E-state index >= 15 is 0 Å². The van der Waals surface area contributed by atoms with Crippen molar-refractivity contribution in [2.24, 2.45) is 5.92 Å². The van der Waals surface area contributed by atoms with Gasteiger partial charge in [0, 0.05) is 13.1 Å². The molecule has 0 saturated carbocycles. The highest BCUT2D eigenvalue weighted by atomic mass is 16.6. The van der Waals surface area contributed by atoms with Gasteiger partial charge in [0.1, 0.15) is 5.75 Å². The van der Waals surface area contributed by atoms with E-state index in [1.807, 2.05) is 19.1 Å². The second kappa shape index (κ2) is 5.08. The van der Waals surface area contributed by atoms with Gasteiger partial charge < -0.3 is 14.7 Å². The molecule has 1 heterocycles. The summed E-state index contributed by atoms with van der Waals surface area (Å²) in [5.74, 6) is -0.852. The highest BCUT2D eigenvalue weighted by molar-refractivity contribution is 5.75. The summed E-state index contributed by atoms with van der Waals surface area (Å²) in [6.45, 7) is 2.56. The first kappa shape index (κ1) is 12.4. The van der Waals surface area contributed by atoms with Crippen LogP contribution < -0.4 is 4.74 Å². The van der Waals surface area contributed by atoms with E-state index in [0.29, 0.717) is 18.7 Å². The zero-order chi connectivity index (χ0) is 13.1. The van der Waals surface area contributed by atoms with E-state index in [1.54, 1.807) is 12.1 Å². The number of rotatable bonds is 2. The first-order valence-corrected chi connectivity index (χ1v) is 5.82. The van der Waals surface area contributed by atoms with Gasteiger partial charge in [-0.15, -0.1) is 0 Å². The van der Waals surface area contributed by atoms with Gasteiger partial charge in [-0.2, -0.15) is 0 Å². The molecule has 5 nitrogen and oxygen atoms in total. The number of carboxylic acid groups (broad SMARTS) is 1. The van der Waals surface area contributed by atoms with Crippen molar-refractivity contribution >= 4 is 12.1 Å². The van der Waals surface area contributed by atoms with Gasteiger partial charge in [0.2, 0.25) is 0 Å². The molecule has 1 aliphatic heterocycles. The molecule has 0 aliphatic carbocycles. The monoisotopic (exact) mass is 249 g/mol. The van der Waals surface area contributed by atoms with E-state index in [1.165, 1.54) is 4.90 Å². The Morgan fingerprint density at radius 2 is 2.22 bits per heavy atom. The molecule has 0 spiro atoms. The molecule has 1 aromatic carbocycles. The van der Waals surface area contributed by atoms with Crippen molar-refractivity contribution in [1.29, 1.82) is 0 Å². The van der Waals surface area contributed by atoms with Crippen LogP contribution in [0.15, 0.2) is 24.3 Å². The molecule has 5 heteroatoms. The van der Waals surface area contributed by atoms with Crippen LogP contribution in [0.4, 0.5) is 4.79 Å². The summed E-state index contributed by atoms with van der Waals surface area (Å²) in [5, 5.41) is 8.86. The Kier molecular flexibility index (Phi) is 3.50. The number of carbonyl (C=O) groups excluding carboxylic acids is 1. The molecule has 1 unspecified atom stereocenters. The molecule has 96 valence electrons. The molecule has 1 fully saturated rings. The van der Waals surface area contributed by atoms with Crippen molar-refractivity contribution in [2.75, 3.05) is 13.1 Å². The van der Waals surface area contributed by atoms with E-state index in [9.17, 15) is 9.59 Å². The molecule has 1 aliphatic rings. The molecule has 1 atom stereocenters. The first-order chi connectivity index (χ1) is 8.56. The van der Waals surface area contributed by atoms with Crippen LogP contribution in [0, 0.1) is 12.8 Å². The summed E-state index contributed by atoms with van der Waals surface area (Å²) in [6, 6.07) is 7.19. The predicted octanol–water partition coefficient (Wildman–Crippen LogP) is 1.90. The van der Waals surface area contributed by atoms with Crippen molar-refractivity contribution in [3.8, 4) is 5.75 Å². The molecule has 0 radical (unpaired) electrons. The van der Waals surface area contributed by atoms with Crippen LogP contribution in [0.25, 0.3) is 0 Å². The molecule has 2 rings (SSSR count). The van der Waals surface area contributed by atoms with E-state index in [0.717, 1.165) is 5.56 Å². The molecule has 1 amide bonds. The van der Waals surface area contributed by atoms with Gasteiger partial charge in [-0.3, -0.25) is 4.79 Å². The minimum atomic E-state index is -0.860. The number of aliphatic carboxylic acids is 1. The van der Waals surface area contributed by atoms with Gasteiger partial charge in [0.05, 0.1) is 5.92 Å². The molecule has 0 bridgehead atoms. The molecule has 1 saturated heterocycles. The number of nitrogens with zero attached hydrogens (tertiary/aromatic N) is 1. The number of hydrogen-bond acceptors (Lipinski definition) is 3. The number of aryl methyl sites for hydroxylation is 1. The topological polar surface area (TPSA) is 66.8 Å². The number of amides is 1. The second-order valence-corrected chi connectivity index (χ2v) is 4.45. The third-order valence-corrected chi connectivity index (χ3v) is 2.99. The minimum Gasteiger partial charge on any atom is -0.481 e. The van der Waals surface area contributed by atoms with Gasteiger partial charge in [0.25, 0.3) is 0 Å². The highest BCUT2D eigenvalue weighted by Gasteiger charge is 2.31. The largest absolute Gasteiger partial charge is 0.481 e. The lowest BCUT2D eigenvalue weighted by Gasteiger charge is -2.15. The minimum absolute atomic E-state index is 0.222. The average molecular weight is 249 g/mol. The van der Waals surface area contributed by atoms with Gasteiger partial charge in [0.15, 0.2) is 0 Å². The number of hydrogen-bond donors (Lipinski definition) is 1. The fourth-order valence-corrected chi connectivity index (χ4v) is 1.97. The molecular formula is C13H15NO4. The van der Waals surface area contributed by atoms with Crippen LogP contribution >= 0.6 is 0 Å². The molecular weight excluding hydrogens is 234 g/mol. The average Bonchev–Trinajstić information content (AvgIpc) is 2.78. The van der Waals surface area contributed by atoms with Gasteiger partial charge in [-0.25, -0.2) is 4.79 Å². The second-order valence-electron chi connectivity index (χ2n) is 4.45. The maximum atomic E-state index is 11.8. The van der Waals surface area contributed by atoms with Crippen LogP contribution in [0.5, 0.6) is 5.75 Å². The summed E-state index contributed by atoms with van der Waals surface area (Å²) in [6.07, 6.45) is 0.00229. The summed E-state index contributed by atoms with van der Waals surface area (Å²) < 4.78 is 5.20. The Morgan fingerprint density at radius 1 is 1.44 bits per heavy atom. The number of ether oxygens (including phenoxy) is 1. The Bertz CT molecular complexity index is 472. The fourth-order valence-electron chi connectivity index (χ4n) is 1.97. The van der Waals surface area contributed by atoms with Crippen LogP contribution in [-0.2, 0) is 4.79 Å². The van der Waals surface area contributed by atoms with Crippen molar-refractivity contribution in [3.05, 3.63) is 29.8 Å². The maximum Gasteiger partial charge on any atom is 0.415 e. The standard InChI is InChI=1S/C13H15NO4/c1-9-3-2-4-11(7-9)18-13(17)14-6-5-10(8-14)12(15)16/h2-4,7,10H,5-6,8H2,1H3,(H,15,16). The zero-order valence-electron chi connectivity index (χ0n) is 10.1. The predicted molar refractivity (Wildman–Crippen MR) is 64.5 cm³/mol. The van der Waals surface area contributed by atoms with Crippen molar-refractivity contribution in [1.82, 2.24) is 4.90 Å². The smallest absolute Gasteiger partial charge is 0.415 e. The number of carboxylic acids is 1. The highest BCUT2D eigenvalue weighted by Crippen LogP contribution is 2.19. The molecule has 0 aromatic heterocycles. The van der Waals surface area contributed by atoms with Crippen molar-refractivity contribution in [2.45, 2.75) is 13.3 Å². The normalized spacial score (nSPS) is 18.7. The van der Waals surface area contributed by atoms with Gasteiger partial charge >= 0.3 is 12.1 Å². The SMILES string of the molecule is Cc1cccc(OC(=O)N2CCC(C(=O)O)C2)c1. The Morgan fingerprint density at radius 3 is 2.83 bits per heavy atom. The third kappa shape index (κ3) is 2.80. The summed E-state index contributed by atoms with van der Waals surface area (Å²) in [4.78, 5) is 24.0. The molecule has 18 heavy (non-hydrogen) atoms. The Hall–Kier alpha value is -2.04. The van der Waals surface area contributed by atoms with E-state index in [4.69, 9.17) is 9.84 Å². The number of likely N-dealkylation sites (tertiary alicyclic amines) is 1. The van der Waals surface area contributed by atoms with Crippen LogP contribution in [0.2, 0.25) is 0 Å². The zero-order valence-corrected chi connectivity index (χ0v) is 10.1. The lowest BCUT2D eigenvalue weighted by Crippen LogP contribution is -2.32. The van der Waals surface area contributed by atoms with Crippen LogP contribution in [-0.4, -0.2) is 35.2 Å². The van der Waals surface area contributed by atoms with E-state index in [2.05, 4.69) is 0 Å². The van der Waals surface area contributed by atoms with E-state index < -0.39 is 18.0 Å². The van der Waals surface area contributed by atoms with Gasteiger partial charge in [-0.05, 0) is 31.0 Å². The van der Waals surface area contributed by atoms with Crippen LogP contribution in [0.3, 0.4) is 0 Å². The Labute approximate surface area is 105 Å². The summed E-state index contributed by atoms with van der Waals surface area (Å²) in [7, 11) is 0.